The summed E-state index contributed by atoms with van der Waals surface area (Å²) in [6.07, 6.45) is -1.24. The van der Waals surface area contributed by atoms with E-state index in [0.717, 1.165) is 11.3 Å². The fourth-order valence-electron chi connectivity index (χ4n) is 2.25. The predicted octanol–water partition coefficient (Wildman–Crippen LogP) is -2.17. The Labute approximate surface area is 210 Å². The first-order valence-electron chi connectivity index (χ1n) is 7.57. The number of rotatable bonds is 9. The molecule has 6 N–H and O–H groups in total. The van der Waals surface area contributed by atoms with E-state index in [2.05, 4.69) is 20.2 Å². The molecule has 0 spiro atoms. The molecular weight excluding hydrogens is 570 g/mol. The van der Waals surface area contributed by atoms with Crippen LogP contribution in [0.1, 0.15) is 5.69 Å². The third kappa shape index (κ3) is 6.62. The summed E-state index contributed by atoms with van der Waals surface area (Å²) < 4.78 is 37.0. The van der Waals surface area contributed by atoms with Crippen molar-refractivity contribution >= 4 is 103 Å². The number of hydrogen-bond donors (Lipinski definition) is 4. The number of primary amides is 1. The molecule has 18 heteroatoms. The number of carbonyl (C=O) groups excluding carboxylic acids is 3. The Morgan fingerprint density at radius 2 is 2.13 bits per heavy atom. The third-order valence-electron chi connectivity index (χ3n) is 3.40. The van der Waals surface area contributed by atoms with Gasteiger partial charge in [-0.3, -0.25) is 14.1 Å². The molecule has 2 heterocycles. The van der Waals surface area contributed by atoms with Gasteiger partial charge >= 0.3 is 46.0 Å². The molecule has 1 aromatic heterocycles. The van der Waals surface area contributed by atoms with Gasteiger partial charge in [-0.05, 0) is 0 Å². The Bertz CT molecular complexity index is 941. The second-order valence-corrected chi connectivity index (χ2v) is 8.55. The number of nitrogen functional groups attached to an aromatic ring is 1. The molecule has 1 aliphatic rings. The monoisotopic (exact) mass is 586 g/mol. The number of thiazole rings is 1. The fourth-order valence-corrected chi connectivity index (χ4v) is 3.86. The van der Waals surface area contributed by atoms with E-state index in [4.69, 9.17) is 20.9 Å². The Hall–Kier alpha value is -1.25. The van der Waals surface area contributed by atoms with Crippen molar-refractivity contribution in [2.75, 3.05) is 23.4 Å². The summed E-state index contributed by atoms with van der Waals surface area (Å²) in [4.78, 5) is 44.4. The summed E-state index contributed by atoms with van der Waals surface area (Å²) >= 11 is 3.06. The molecule has 2 atom stereocenters. The van der Waals surface area contributed by atoms with Gasteiger partial charge in [0.25, 0.3) is 11.8 Å². The Morgan fingerprint density at radius 3 is 2.63 bits per heavy atom. The van der Waals surface area contributed by atoms with Gasteiger partial charge in [0, 0.05) is 9.81 Å². The Balaban J connectivity index is 0.00000450. The zero-order valence-electron chi connectivity index (χ0n) is 14.3. The number of oxime groups is 1. The van der Waals surface area contributed by atoms with Crippen LogP contribution in [0.2, 0.25) is 0 Å². The summed E-state index contributed by atoms with van der Waals surface area (Å²) in [7, 11) is -4.95. The van der Waals surface area contributed by atoms with Gasteiger partial charge in [-0.2, -0.15) is 8.42 Å². The van der Waals surface area contributed by atoms with Crippen LogP contribution >= 0.6 is 33.9 Å². The van der Waals surface area contributed by atoms with Crippen LogP contribution in [-0.4, -0.2) is 105 Å². The molecular formula is C12H16IN6NaO8S2. The summed E-state index contributed by atoms with van der Waals surface area (Å²) in [5.41, 5.74) is 10.1. The Morgan fingerprint density at radius 1 is 1.47 bits per heavy atom. The molecule has 2 rings (SSSR count). The molecule has 0 bridgehead atoms. The zero-order valence-corrected chi connectivity index (χ0v) is 18.1. The van der Waals surface area contributed by atoms with Crippen molar-refractivity contribution in [1.29, 1.82) is 0 Å². The number of ether oxygens (including phenoxy) is 1. The minimum atomic E-state index is -4.95. The second kappa shape index (κ2) is 11.4. The van der Waals surface area contributed by atoms with Gasteiger partial charge in [0.05, 0.1) is 0 Å². The van der Waals surface area contributed by atoms with Crippen molar-refractivity contribution < 1.29 is 36.9 Å². The zero-order chi connectivity index (χ0) is 21.8. The van der Waals surface area contributed by atoms with Crippen molar-refractivity contribution in [2.45, 2.75) is 12.1 Å². The van der Waals surface area contributed by atoms with E-state index < -0.39 is 46.9 Å². The second-order valence-electron chi connectivity index (χ2n) is 5.29. The van der Waals surface area contributed by atoms with E-state index in [0.29, 0.717) is 4.43 Å². The van der Waals surface area contributed by atoms with Crippen molar-refractivity contribution in [1.82, 2.24) is 14.6 Å². The number of nitrogens with zero attached hydrogens (tertiary/aromatic N) is 3. The van der Waals surface area contributed by atoms with Crippen LogP contribution in [0.4, 0.5) is 9.93 Å². The number of amides is 3. The number of halogens is 1. The SMILES string of the molecule is NC(=O)OC[C@@H]1[C@H](NC(=O)C(=NOCCI)c2csc(N)n2)C(=O)N1S(=O)(=O)O.[NaH]. The predicted molar refractivity (Wildman–Crippen MR) is 115 cm³/mol. The van der Waals surface area contributed by atoms with Crippen LogP contribution in [0.3, 0.4) is 0 Å². The average molecular weight is 586 g/mol. The van der Waals surface area contributed by atoms with Gasteiger partial charge in [-0.1, -0.05) is 27.7 Å². The van der Waals surface area contributed by atoms with Crippen LogP contribution in [-0.2, 0) is 29.5 Å². The number of hydrogen-bond acceptors (Lipinski definition) is 11. The number of carbonyl (C=O) groups is 3. The first-order valence-corrected chi connectivity index (χ1v) is 11.4. The van der Waals surface area contributed by atoms with Crippen LogP contribution < -0.4 is 16.8 Å². The maximum absolute atomic E-state index is 12.6. The molecule has 1 aliphatic heterocycles. The molecule has 0 aliphatic carbocycles. The number of aromatic nitrogens is 1. The van der Waals surface area contributed by atoms with Gasteiger partial charge in [0.15, 0.2) is 10.8 Å². The molecule has 30 heavy (non-hydrogen) atoms. The quantitative estimate of drug-likeness (QED) is 0.0359. The van der Waals surface area contributed by atoms with Gasteiger partial charge in [0.1, 0.15) is 31.0 Å². The van der Waals surface area contributed by atoms with Gasteiger partial charge < -0.3 is 26.4 Å². The van der Waals surface area contributed by atoms with Crippen molar-refractivity contribution in [2.24, 2.45) is 10.9 Å². The first-order chi connectivity index (χ1) is 13.6. The van der Waals surface area contributed by atoms with E-state index in [9.17, 15) is 22.8 Å². The normalized spacial score (nSPS) is 18.8. The van der Waals surface area contributed by atoms with E-state index in [-0.39, 0.29) is 57.0 Å². The summed E-state index contributed by atoms with van der Waals surface area (Å²) in [6, 6.07) is -2.86. The van der Waals surface area contributed by atoms with E-state index in [1.807, 2.05) is 22.6 Å². The van der Waals surface area contributed by atoms with Crippen LogP contribution in [0, 0.1) is 0 Å². The standard InChI is InChI=1S/C12H15IN6O8S2.Na.H/c13-1-2-27-18-7(5-4-28-11(14)16-5)9(20)17-8-6(3-26-12(15)22)19(10(8)21)29(23,24)25;;/h4,6,8H,1-3H2,(H2,14,16)(H2,15,22)(H,17,20)(H,23,24,25);;/t6-,8+;;/m1../s1. The summed E-state index contributed by atoms with van der Waals surface area (Å²) in [5.74, 6) is -2.08. The fraction of sp³-hybridized carbons (Fsp3) is 0.417. The Kier molecular flexibility index (Phi) is 10.2. The number of alkyl halides is 1. The minimum absolute atomic E-state index is 0. The van der Waals surface area contributed by atoms with E-state index in [1.165, 1.54) is 5.38 Å². The number of nitrogens with one attached hydrogen (secondary N) is 1. The molecule has 0 aromatic carbocycles. The van der Waals surface area contributed by atoms with Gasteiger partial charge in [-0.25, -0.2) is 14.1 Å². The molecule has 1 fully saturated rings. The molecule has 0 saturated carbocycles. The number of β-lactam (4-membered cyclic amide) rings is 1. The number of anilines is 1. The molecule has 1 saturated heterocycles. The molecule has 0 unspecified atom stereocenters. The maximum atomic E-state index is 12.6. The van der Waals surface area contributed by atoms with Crippen molar-refractivity contribution in [3.8, 4) is 0 Å². The summed E-state index contributed by atoms with van der Waals surface area (Å²) in [6.45, 7) is -0.502. The van der Waals surface area contributed by atoms with Gasteiger partial charge in [0.2, 0.25) is 0 Å². The van der Waals surface area contributed by atoms with E-state index >= 15 is 0 Å². The van der Waals surface area contributed by atoms with Crippen LogP contribution in [0.5, 0.6) is 0 Å². The first kappa shape index (κ1) is 26.8. The molecule has 1 aromatic rings. The van der Waals surface area contributed by atoms with Crippen LogP contribution in [0.15, 0.2) is 10.5 Å². The molecule has 14 nitrogen and oxygen atoms in total. The average Bonchev–Trinajstić information content (AvgIpc) is 3.04. The van der Waals surface area contributed by atoms with E-state index in [1.54, 1.807) is 0 Å². The molecule has 0 radical (unpaired) electrons. The summed E-state index contributed by atoms with van der Waals surface area (Å²) in [5, 5.41) is 7.53. The third-order valence-corrected chi connectivity index (χ3v) is 5.47. The van der Waals surface area contributed by atoms with Crippen LogP contribution in [0.25, 0.3) is 0 Å². The molecule has 3 amide bonds. The van der Waals surface area contributed by atoms with Crippen molar-refractivity contribution in [3.63, 3.8) is 0 Å². The van der Waals surface area contributed by atoms with Gasteiger partial charge in [-0.15, -0.1) is 11.3 Å². The number of nitrogens with two attached hydrogens (primary N) is 2. The topological polar surface area (TPSA) is 217 Å². The molecule has 162 valence electrons. The van der Waals surface area contributed by atoms with Crippen molar-refractivity contribution in [3.05, 3.63) is 11.1 Å².